The summed E-state index contributed by atoms with van der Waals surface area (Å²) in [5.41, 5.74) is 4.86. The average Bonchev–Trinajstić information content (AvgIpc) is 3.02. The molecule has 2 unspecified atom stereocenters. The van der Waals surface area contributed by atoms with Crippen molar-refractivity contribution in [1.82, 2.24) is 5.48 Å². The summed E-state index contributed by atoms with van der Waals surface area (Å²) in [4.78, 5) is 39.6. The number of nitrogens with one attached hydrogen (secondary N) is 2. The molecule has 4 rings (SSSR count). The summed E-state index contributed by atoms with van der Waals surface area (Å²) in [5.74, 6) is -1.40. The maximum Gasteiger partial charge on any atom is 0.268 e. The van der Waals surface area contributed by atoms with Crippen molar-refractivity contribution in [3.8, 4) is 0 Å². The van der Waals surface area contributed by atoms with E-state index in [1.807, 2.05) is 54.6 Å². The Morgan fingerprint density at radius 1 is 0.750 bits per heavy atom. The number of hydrogen-bond donors (Lipinski definition) is 4. The Balaban J connectivity index is 1.60. The number of hydroxylamine groups is 2. The van der Waals surface area contributed by atoms with E-state index in [1.165, 1.54) is 30.4 Å². The molecule has 0 aliphatic rings. The number of rotatable bonds is 10. The number of hydrogen-bond acceptors (Lipinski definition) is 7. The fourth-order valence-corrected chi connectivity index (χ4v) is 6.47. The number of nitrogens with zero attached hydrogens (tertiary/aromatic N) is 1. The first kappa shape index (κ1) is 32.8. The van der Waals surface area contributed by atoms with Gasteiger partial charge in [0.2, 0.25) is 5.91 Å². The summed E-state index contributed by atoms with van der Waals surface area (Å²) in [5, 5.41) is 22.4. The van der Waals surface area contributed by atoms with E-state index in [2.05, 4.69) is 26.1 Å². The monoisotopic (exact) mass is 629 g/mol. The van der Waals surface area contributed by atoms with Gasteiger partial charge in [-0.15, -0.1) is 23.5 Å². The molecule has 4 aromatic carbocycles. The number of thioether (sulfide) groups is 2. The highest BCUT2D eigenvalue weighted by atomic mass is 32.2. The van der Waals surface area contributed by atoms with E-state index in [4.69, 9.17) is 0 Å². The molecule has 0 aliphatic carbocycles. The first-order valence-corrected chi connectivity index (χ1v) is 15.7. The van der Waals surface area contributed by atoms with Crippen LogP contribution in [0.3, 0.4) is 0 Å². The summed E-state index contributed by atoms with van der Waals surface area (Å²) in [7, 11) is 0. The molecule has 0 bridgehead atoms. The minimum atomic E-state index is -0.856. The van der Waals surface area contributed by atoms with Crippen LogP contribution in [-0.2, 0) is 19.8 Å². The van der Waals surface area contributed by atoms with Gasteiger partial charge in [0, 0.05) is 22.4 Å². The molecule has 44 heavy (non-hydrogen) atoms. The van der Waals surface area contributed by atoms with E-state index < -0.39 is 22.3 Å². The van der Waals surface area contributed by atoms with Crippen molar-refractivity contribution in [2.45, 2.75) is 53.4 Å². The Bertz CT molecular complexity index is 1590. The van der Waals surface area contributed by atoms with Crippen LogP contribution in [-0.4, -0.2) is 28.1 Å². The highest BCUT2D eigenvalue weighted by molar-refractivity contribution is 8.00. The summed E-state index contributed by atoms with van der Waals surface area (Å²) >= 11 is 2.50. The van der Waals surface area contributed by atoms with E-state index in [-0.39, 0.29) is 17.0 Å². The standard InChI is InChI=1S/C34H35N3O5S2/c1-22(38)35-26-15-19-29(20-16-26)44-31(23-9-6-5-7-10-23)33(40)37(42)27-12-8-11-24(21-27)30(32(39)36-41)43-28-17-13-25(14-18-28)34(2,3)4/h5-21,30-31,41-42H,1-4H3,(H,35,38)(H,36,39). The molecule has 0 aromatic heterocycles. The summed E-state index contributed by atoms with van der Waals surface area (Å²) in [6.07, 6.45) is 0. The smallest absolute Gasteiger partial charge is 0.268 e. The Kier molecular flexibility index (Phi) is 10.9. The van der Waals surface area contributed by atoms with Gasteiger partial charge in [0.25, 0.3) is 11.8 Å². The second-order valence-corrected chi connectivity index (χ2v) is 13.5. The van der Waals surface area contributed by atoms with Gasteiger partial charge in [0.15, 0.2) is 0 Å². The molecule has 3 amide bonds. The van der Waals surface area contributed by atoms with E-state index in [9.17, 15) is 24.8 Å². The van der Waals surface area contributed by atoms with Crippen LogP contribution in [0.5, 0.6) is 0 Å². The first-order valence-electron chi connectivity index (χ1n) is 13.9. The van der Waals surface area contributed by atoms with Gasteiger partial charge in [-0.2, -0.15) is 5.06 Å². The average molecular weight is 630 g/mol. The van der Waals surface area contributed by atoms with E-state index in [1.54, 1.807) is 54.0 Å². The lowest BCUT2D eigenvalue weighted by Crippen LogP contribution is -2.31. The molecule has 228 valence electrons. The highest BCUT2D eigenvalue weighted by Crippen LogP contribution is 2.40. The number of amides is 3. The van der Waals surface area contributed by atoms with E-state index in [0.717, 1.165) is 15.4 Å². The van der Waals surface area contributed by atoms with E-state index in [0.29, 0.717) is 21.9 Å². The molecule has 0 heterocycles. The van der Waals surface area contributed by atoms with Crippen LogP contribution in [0, 0.1) is 0 Å². The molecule has 2 atom stereocenters. The summed E-state index contributed by atoms with van der Waals surface area (Å²) < 4.78 is 0. The number of carbonyl (C=O) groups excluding carboxylic acids is 3. The highest BCUT2D eigenvalue weighted by Gasteiger charge is 2.29. The third-order valence-electron chi connectivity index (χ3n) is 6.70. The molecule has 4 N–H and O–H groups in total. The first-order chi connectivity index (χ1) is 21.0. The van der Waals surface area contributed by atoms with Crippen molar-refractivity contribution in [1.29, 1.82) is 0 Å². The van der Waals surface area contributed by atoms with Gasteiger partial charge in [0.05, 0.1) is 5.69 Å². The third kappa shape index (κ3) is 8.51. The van der Waals surface area contributed by atoms with Crippen molar-refractivity contribution in [3.05, 3.63) is 120 Å². The van der Waals surface area contributed by atoms with Crippen LogP contribution < -0.4 is 15.9 Å². The van der Waals surface area contributed by atoms with Gasteiger partial charge in [-0.25, -0.2) is 5.48 Å². The molecule has 0 saturated heterocycles. The zero-order valence-corrected chi connectivity index (χ0v) is 26.5. The lowest BCUT2D eigenvalue weighted by Gasteiger charge is -2.24. The zero-order chi connectivity index (χ0) is 31.9. The Morgan fingerprint density at radius 2 is 1.32 bits per heavy atom. The van der Waals surface area contributed by atoms with Crippen molar-refractivity contribution < 1.29 is 24.8 Å². The maximum absolute atomic E-state index is 13.8. The number of benzene rings is 4. The van der Waals surface area contributed by atoms with Gasteiger partial charge in [-0.05, 0) is 70.6 Å². The Morgan fingerprint density at radius 3 is 1.89 bits per heavy atom. The molecule has 8 nitrogen and oxygen atoms in total. The van der Waals surface area contributed by atoms with Crippen LogP contribution >= 0.6 is 23.5 Å². The molecule has 0 radical (unpaired) electrons. The molecule has 10 heteroatoms. The normalized spacial score (nSPS) is 12.6. The third-order valence-corrected chi connectivity index (χ3v) is 9.22. The van der Waals surface area contributed by atoms with Crippen molar-refractivity contribution in [2.75, 3.05) is 10.4 Å². The largest absolute Gasteiger partial charge is 0.326 e. The van der Waals surface area contributed by atoms with Gasteiger partial charge in [0.1, 0.15) is 10.5 Å². The van der Waals surface area contributed by atoms with Crippen LogP contribution in [0.1, 0.15) is 54.9 Å². The van der Waals surface area contributed by atoms with Crippen LogP contribution in [0.4, 0.5) is 11.4 Å². The number of carbonyl (C=O) groups is 3. The molecule has 0 spiro atoms. The fourth-order valence-electron chi connectivity index (χ4n) is 4.40. The Hall–Kier alpha value is -4.09. The summed E-state index contributed by atoms with van der Waals surface area (Å²) in [6.45, 7) is 7.79. The lowest BCUT2D eigenvalue weighted by atomic mass is 9.87. The zero-order valence-electron chi connectivity index (χ0n) is 24.9. The van der Waals surface area contributed by atoms with Crippen LogP contribution in [0.25, 0.3) is 0 Å². The van der Waals surface area contributed by atoms with Gasteiger partial charge < -0.3 is 5.32 Å². The predicted octanol–water partition coefficient (Wildman–Crippen LogP) is 7.54. The topological polar surface area (TPSA) is 119 Å². The van der Waals surface area contributed by atoms with Gasteiger partial charge >= 0.3 is 0 Å². The minimum Gasteiger partial charge on any atom is -0.326 e. The molecule has 0 fully saturated rings. The molecule has 0 saturated carbocycles. The maximum atomic E-state index is 13.8. The lowest BCUT2D eigenvalue weighted by molar-refractivity contribution is -0.128. The van der Waals surface area contributed by atoms with Crippen molar-refractivity contribution in [2.24, 2.45) is 0 Å². The quantitative estimate of drug-likeness (QED) is 0.0813. The van der Waals surface area contributed by atoms with Crippen LogP contribution in [0.15, 0.2) is 113 Å². The van der Waals surface area contributed by atoms with Gasteiger partial charge in [-0.1, -0.05) is 75.4 Å². The second kappa shape index (κ2) is 14.6. The molecule has 0 aliphatic heterocycles. The second-order valence-electron chi connectivity index (χ2n) is 11.1. The number of anilines is 2. The predicted molar refractivity (Wildman–Crippen MR) is 175 cm³/mol. The molecule has 4 aromatic rings. The van der Waals surface area contributed by atoms with Crippen molar-refractivity contribution in [3.63, 3.8) is 0 Å². The molecular weight excluding hydrogens is 595 g/mol. The van der Waals surface area contributed by atoms with Crippen molar-refractivity contribution >= 4 is 52.6 Å². The Labute approximate surface area is 265 Å². The minimum absolute atomic E-state index is 0.0252. The SMILES string of the molecule is CC(=O)Nc1ccc(SC(C(=O)N(O)c2cccc(C(Sc3ccc(C(C)(C)C)cc3)C(=O)NO)c2)c2ccccc2)cc1. The fraction of sp³-hybridized carbons (Fsp3) is 0.206. The molecular formula is C34H35N3O5S2. The van der Waals surface area contributed by atoms with Crippen LogP contribution in [0.2, 0.25) is 0 Å². The van der Waals surface area contributed by atoms with Gasteiger partial charge in [-0.3, -0.25) is 24.8 Å². The van der Waals surface area contributed by atoms with E-state index >= 15 is 0 Å². The summed E-state index contributed by atoms with van der Waals surface area (Å²) in [6, 6.07) is 30.6.